The van der Waals surface area contributed by atoms with Crippen molar-refractivity contribution in [2.75, 3.05) is 0 Å². The quantitative estimate of drug-likeness (QED) is 0.598. The van der Waals surface area contributed by atoms with E-state index in [0.29, 0.717) is 0 Å². The Kier molecular flexibility index (Phi) is 2.28. The molecule has 11 heavy (non-hydrogen) atoms. The number of hydrogen-bond acceptors (Lipinski definition) is 1. The van der Waals surface area contributed by atoms with Crippen molar-refractivity contribution in [1.29, 1.82) is 0 Å². The smallest absolute Gasteiger partial charge is 0.0407 e. The third-order valence-electron chi connectivity index (χ3n) is 2.14. The molecule has 0 bridgehead atoms. The van der Waals surface area contributed by atoms with Crippen LogP contribution in [0.5, 0.6) is 0 Å². The predicted octanol–water partition coefficient (Wildman–Crippen LogP) is 2.57. The Labute approximate surface area is 68.5 Å². The summed E-state index contributed by atoms with van der Waals surface area (Å²) >= 11 is 0. The predicted molar refractivity (Wildman–Crippen MR) is 47.8 cm³/mol. The molecular formula is C10H15N. The minimum Gasteiger partial charge on any atom is -0.258 e. The standard InChI is InChI=1S/C10H15N/c1-5-10-6-7(2)8(3)11-9(10)4/h6H,5H2,1-4H3. The summed E-state index contributed by atoms with van der Waals surface area (Å²) in [5.74, 6) is 0. The molecule has 1 aromatic rings. The Morgan fingerprint density at radius 3 is 2.36 bits per heavy atom. The Hall–Kier alpha value is -0.850. The largest absolute Gasteiger partial charge is 0.258 e. The van der Waals surface area contributed by atoms with Crippen molar-refractivity contribution >= 4 is 0 Å². The molecule has 0 spiro atoms. The number of hydrogen-bond donors (Lipinski definition) is 0. The van der Waals surface area contributed by atoms with Gasteiger partial charge in [0.25, 0.3) is 0 Å². The normalized spacial score (nSPS) is 10.2. The first-order chi connectivity index (χ1) is 5.15. The van der Waals surface area contributed by atoms with E-state index < -0.39 is 0 Å². The first-order valence-corrected chi connectivity index (χ1v) is 4.09. The molecule has 0 amide bonds. The fraction of sp³-hybridized carbons (Fsp3) is 0.500. The Morgan fingerprint density at radius 1 is 1.18 bits per heavy atom. The molecule has 0 radical (unpaired) electrons. The van der Waals surface area contributed by atoms with Crippen molar-refractivity contribution in [2.24, 2.45) is 0 Å². The average Bonchev–Trinajstić information content (AvgIpc) is 1.97. The third-order valence-corrected chi connectivity index (χ3v) is 2.14. The van der Waals surface area contributed by atoms with Crippen LogP contribution in [0.1, 0.15) is 29.4 Å². The van der Waals surface area contributed by atoms with E-state index in [1.165, 1.54) is 16.8 Å². The van der Waals surface area contributed by atoms with Crippen molar-refractivity contribution in [2.45, 2.75) is 34.1 Å². The van der Waals surface area contributed by atoms with Crippen LogP contribution in [-0.4, -0.2) is 4.98 Å². The first-order valence-electron chi connectivity index (χ1n) is 4.09. The maximum Gasteiger partial charge on any atom is 0.0407 e. The van der Waals surface area contributed by atoms with Gasteiger partial charge in [0.1, 0.15) is 0 Å². The Balaban J connectivity index is 3.21. The van der Waals surface area contributed by atoms with Crippen molar-refractivity contribution in [3.05, 3.63) is 28.6 Å². The van der Waals surface area contributed by atoms with E-state index in [1.54, 1.807) is 0 Å². The topological polar surface area (TPSA) is 12.9 Å². The van der Waals surface area contributed by atoms with E-state index >= 15 is 0 Å². The molecule has 60 valence electrons. The molecule has 0 aliphatic carbocycles. The highest BCUT2D eigenvalue weighted by molar-refractivity contribution is 5.28. The molecular weight excluding hydrogens is 134 g/mol. The molecule has 1 rings (SSSR count). The minimum atomic E-state index is 1.08. The maximum absolute atomic E-state index is 4.44. The van der Waals surface area contributed by atoms with Crippen molar-refractivity contribution in [1.82, 2.24) is 4.98 Å². The average molecular weight is 149 g/mol. The second-order valence-electron chi connectivity index (χ2n) is 2.99. The summed E-state index contributed by atoms with van der Waals surface area (Å²) < 4.78 is 0. The number of rotatable bonds is 1. The number of aromatic nitrogens is 1. The molecule has 0 aromatic carbocycles. The highest BCUT2D eigenvalue weighted by Crippen LogP contribution is 2.11. The van der Waals surface area contributed by atoms with Gasteiger partial charge in [-0.1, -0.05) is 13.0 Å². The summed E-state index contributed by atoms with van der Waals surface area (Å²) in [7, 11) is 0. The van der Waals surface area contributed by atoms with Crippen LogP contribution in [0.2, 0.25) is 0 Å². The van der Waals surface area contributed by atoms with Gasteiger partial charge in [0, 0.05) is 11.4 Å². The van der Waals surface area contributed by atoms with Gasteiger partial charge in [-0.3, -0.25) is 4.98 Å². The molecule has 0 atom stereocenters. The molecule has 0 saturated carbocycles. The number of nitrogens with zero attached hydrogens (tertiary/aromatic N) is 1. The molecule has 0 fully saturated rings. The Morgan fingerprint density at radius 2 is 1.82 bits per heavy atom. The summed E-state index contributed by atoms with van der Waals surface area (Å²) in [6.45, 7) is 8.41. The van der Waals surface area contributed by atoms with E-state index in [4.69, 9.17) is 0 Å². The van der Waals surface area contributed by atoms with Crippen LogP contribution in [0.25, 0.3) is 0 Å². The molecule has 1 aromatic heterocycles. The van der Waals surface area contributed by atoms with Gasteiger partial charge in [-0.25, -0.2) is 0 Å². The van der Waals surface area contributed by atoms with Crippen LogP contribution in [-0.2, 0) is 6.42 Å². The summed E-state index contributed by atoms with van der Waals surface area (Å²) in [4.78, 5) is 4.44. The molecule has 0 N–H and O–H groups in total. The monoisotopic (exact) mass is 149 g/mol. The van der Waals surface area contributed by atoms with Crippen LogP contribution in [0.4, 0.5) is 0 Å². The SMILES string of the molecule is CCc1cc(C)c(C)nc1C. The van der Waals surface area contributed by atoms with Gasteiger partial charge in [-0.2, -0.15) is 0 Å². The summed E-state index contributed by atoms with van der Waals surface area (Å²) in [5, 5.41) is 0. The molecule has 0 saturated heterocycles. The van der Waals surface area contributed by atoms with Gasteiger partial charge in [-0.15, -0.1) is 0 Å². The third kappa shape index (κ3) is 1.59. The molecule has 0 unspecified atom stereocenters. The van der Waals surface area contributed by atoms with E-state index in [1.807, 2.05) is 0 Å². The fourth-order valence-corrected chi connectivity index (χ4v) is 1.24. The first kappa shape index (κ1) is 8.25. The maximum atomic E-state index is 4.44. The lowest BCUT2D eigenvalue weighted by Crippen LogP contribution is -1.95. The van der Waals surface area contributed by atoms with Crippen LogP contribution in [0.3, 0.4) is 0 Å². The van der Waals surface area contributed by atoms with E-state index in [2.05, 4.69) is 38.7 Å². The number of pyridine rings is 1. The summed E-state index contributed by atoms with van der Waals surface area (Å²) in [6.07, 6.45) is 1.08. The van der Waals surface area contributed by atoms with Gasteiger partial charge in [0.05, 0.1) is 0 Å². The van der Waals surface area contributed by atoms with Crippen LogP contribution >= 0.6 is 0 Å². The lowest BCUT2D eigenvalue weighted by atomic mass is 10.1. The van der Waals surface area contributed by atoms with Gasteiger partial charge in [-0.05, 0) is 38.3 Å². The molecule has 0 aliphatic heterocycles. The van der Waals surface area contributed by atoms with E-state index in [9.17, 15) is 0 Å². The van der Waals surface area contributed by atoms with E-state index in [-0.39, 0.29) is 0 Å². The second kappa shape index (κ2) is 3.04. The highest BCUT2D eigenvalue weighted by atomic mass is 14.7. The van der Waals surface area contributed by atoms with Gasteiger partial charge < -0.3 is 0 Å². The van der Waals surface area contributed by atoms with E-state index in [0.717, 1.165) is 12.1 Å². The van der Waals surface area contributed by atoms with Crippen molar-refractivity contribution in [3.8, 4) is 0 Å². The van der Waals surface area contributed by atoms with Gasteiger partial charge >= 0.3 is 0 Å². The van der Waals surface area contributed by atoms with Crippen molar-refractivity contribution in [3.63, 3.8) is 0 Å². The second-order valence-corrected chi connectivity index (χ2v) is 2.99. The lowest BCUT2D eigenvalue weighted by Gasteiger charge is -2.05. The molecule has 1 nitrogen and oxygen atoms in total. The number of aryl methyl sites for hydroxylation is 4. The zero-order chi connectivity index (χ0) is 8.43. The van der Waals surface area contributed by atoms with Crippen molar-refractivity contribution < 1.29 is 0 Å². The highest BCUT2D eigenvalue weighted by Gasteiger charge is 1.99. The zero-order valence-corrected chi connectivity index (χ0v) is 7.73. The van der Waals surface area contributed by atoms with Crippen LogP contribution in [0.15, 0.2) is 6.07 Å². The Bertz CT molecular complexity index is 264. The minimum absolute atomic E-state index is 1.08. The lowest BCUT2D eigenvalue weighted by molar-refractivity contribution is 1.00. The van der Waals surface area contributed by atoms with Gasteiger partial charge in [0.15, 0.2) is 0 Å². The summed E-state index contributed by atoms with van der Waals surface area (Å²) in [5.41, 5.74) is 5.00. The molecule has 1 heteroatoms. The fourth-order valence-electron chi connectivity index (χ4n) is 1.24. The van der Waals surface area contributed by atoms with Crippen LogP contribution < -0.4 is 0 Å². The molecule has 1 heterocycles. The van der Waals surface area contributed by atoms with Gasteiger partial charge in [0.2, 0.25) is 0 Å². The molecule has 0 aliphatic rings. The summed E-state index contributed by atoms with van der Waals surface area (Å²) in [6, 6.07) is 2.23. The van der Waals surface area contributed by atoms with Crippen LogP contribution in [0, 0.1) is 20.8 Å². The zero-order valence-electron chi connectivity index (χ0n) is 7.73.